The number of nitro benzene ring substituents is 1. The average molecular weight is 635 g/mol. The minimum absolute atomic E-state index is 0.00954. The maximum absolute atomic E-state index is 13.1. The number of piperidine rings is 1. The monoisotopic (exact) mass is 634 g/mol. The van der Waals surface area contributed by atoms with Crippen LogP contribution in [0.3, 0.4) is 0 Å². The summed E-state index contributed by atoms with van der Waals surface area (Å²) < 4.78 is 6.73. The Morgan fingerprint density at radius 2 is 1.98 bits per heavy atom. The number of nitro groups is 1. The van der Waals surface area contributed by atoms with Gasteiger partial charge in [-0.15, -0.1) is 0 Å². The highest BCUT2D eigenvalue weighted by molar-refractivity contribution is 5.87. The minimum Gasteiger partial charge on any atom is -0.504 e. The molecule has 4 atom stereocenters. The van der Waals surface area contributed by atoms with Gasteiger partial charge in [0.25, 0.3) is 5.69 Å². The van der Waals surface area contributed by atoms with Crippen molar-refractivity contribution in [1.82, 2.24) is 15.2 Å². The van der Waals surface area contributed by atoms with E-state index in [4.69, 9.17) is 10.5 Å². The number of phenols is 1. The van der Waals surface area contributed by atoms with Gasteiger partial charge in [0, 0.05) is 54.2 Å². The fraction of sp³-hybridized carbons (Fsp3) is 0.417. The highest BCUT2D eigenvalue weighted by atomic mass is 16.6. The summed E-state index contributed by atoms with van der Waals surface area (Å²) in [6.45, 7) is 2.87. The van der Waals surface area contributed by atoms with E-state index in [0.29, 0.717) is 31.2 Å². The number of aromatic amines is 1. The topological polar surface area (TPSA) is 162 Å². The predicted octanol–water partition coefficient (Wildman–Crippen LogP) is 4.13. The zero-order chi connectivity index (χ0) is 32.1. The first-order valence-corrected chi connectivity index (χ1v) is 16.6. The van der Waals surface area contributed by atoms with E-state index in [-0.39, 0.29) is 17.5 Å². The molecule has 1 aromatic heterocycles. The van der Waals surface area contributed by atoms with Crippen LogP contribution in [0, 0.1) is 16.0 Å². The second-order valence-corrected chi connectivity index (χ2v) is 14.1. The number of aliphatic hydroxyl groups is 1. The number of ether oxygens (including phenoxy) is 1. The summed E-state index contributed by atoms with van der Waals surface area (Å²) in [5.74, 6) is 1.74. The standard InChI is InChI=1S/C36H38N6O5/c37-34(39-18-21-3-7-24(8-4-21)42(45)46)38-13-11-20-5-9-27-25(15-20)26-17-36(44)29-16-23-6-10-28(43)32-30(23)35(36,33(47-32)31(26)40-27)12-14-41(29)19-22-1-2-22/h3-10,15,22,29,33,40,43-44H,1-2,11-14,16-19H2,(H3,37,38,39)/t29-,33-,35-,36+/m0/s1. The molecule has 1 saturated carbocycles. The Hall–Kier alpha value is -4.61. The van der Waals surface area contributed by atoms with Gasteiger partial charge in [0.05, 0.1) is 28.2 Å². The van der Waals surface area contributed by atoms with Gasteiger partial charge in [-0.2, -0.15) is 0 Å². The maximum Gasteiger partial charge on any atom is 0.269 e. The third-order valence-electron chi connectivity index (χ3n) is 11.5. The fourth-order valence-electron chi connectivity index (χ4n) is 9.11. The summed E-state index contributed by atoms with van der Waals surface area (Å²) in [5, 5.41) is 39.2. The second kappa shape index (κ2) is 10.2. The third kappa shape index (κ3) is 4.22. The quantitative estimate of drug-likeness (QED) is 0.0837. The van der Waals surface area contributed by atoms with Gasteiger partial charge in [-0.1, -0.05) is 24.3 Å². The molecule has 0 amide bonds. The van der Waals surface area contributed by atoms with E-state index in [1.165, 1.54) is 30.5 Å². The van der Waals surface area contributed by atoms with Gasteiger partial charge < -0.3 is 31.0 Å². The van der Waals surface area contributed by atoms with Crippen LogP contribution in [0.5, 0.6) is 11.5 Å². The van der Waals surface area contributed by atoms with Crippen molar-refractivity contribution in [2.24, 2.45) is 16.6 Å². The van der Waals surface area contributed by atoms with Crippen LogP contribution in [0.1, 0.15) is 58.9 Å². The number of hydrogen-bond acceptors (Lipinski definition) is 7. The lowest BCUT2D eigenvalue weighted by atomic mass is 9.49. The predicted molar refractivity (Wildman–Crippen MR) is 177 cm³/mol. The zero-order valence-corrected chi connectivity index (χ0v) is 26.0. The van der Waals surface area contributed by atoms with E-state index < -0.39 is 22.0 Å². The van der Waals surface area contributed by atoms with E-state index in [2.05, 4.69) is 38.4 Å². The number of aliphatic imine (C=N–C) groups is 1. The number of nitrogens with one attached hydrogen (secondary N) is 2. The second-order valence-electron chi connectivity index (χ2n) is 14.1. The van der Waals surface area contributed by atoms with E-state index in [1.54, 1.807) is 18.2 Å². The number of benzene rings is 3. The fourth-order valence-corrected chi connectivity index (χ4v) is 9.11. The molecule has 0 unspecified atom stereocenters. The van der Waals surface area contributed by atoms with Crippen molar-refractivity contribution in [3.05, 3.63) is 98.2 Å². The van der Waals surface area contributed by atoms with Gasteiger partial charge in [0.2, 0.25) is 0 Å². The number of rotatable bonds is 8. The summed E-state index contributed by atoms with van der Waals surface area (Å²) in [4.78, 5) is 21.1. The summed E-state index contributed by atoms with van der Waals surface area (Å²) in [5.41, 5.74) is 11.9. The summed E-state index contributed by atoms with van der Waals surface area (Å²) in [6.07, 6.45) is 4.95. The maximum atomic E-state index is 13.1. The van der Waals surface area contributed by atoms with Crippen molar-refractivity contribution in [1.29, 1.82) is 0 Å². The lowest BCUT2D eigenvalue weighted by Crippen LogP contribution is -2.74. The molecular formula is C36H38N6O5. The number of aromatic nitrogens is 1. The third-order valence-corrected chi connectivity index (χ3v) is 11.5. The molecule has 3 aromatic carbocycles. The number of fused-ring (bicyclic) bond motifs is 4. The van der Waals surface area contributed by atoms with Crippen molar-refractivity contribution < 1.29 is 19.9 Å². The van der Waals surface area contributed by atoms with Crippen LogP contribution in [0.4, 0.5) is 5.69 Å². The van der Waals surface area contributed by atoms with Crippen LogP contribution in [-0.2, 0) is 31.2 Å². The first-order chi connectivity index (χ1) is 22.7. The number of nitrogens with two attached hydrogens (primary N) is 1. The van der Waals surface area contributed by atoms with Gasteiger partial charge >= 0.3 is 0 Å². The lowest BCUT2D eigenvalue weighted by Gasteiger charge is -2.62. The minimum atomic E-state index is -1.02. The van der Waals surface area contributed by atoms with Crippen molar-refractivity contribution >= 4 is 22.5 Å². The Kier molecular flexibility index (Phi) is 6.20. The molecule has 5 aliphatic rings. The van der Waals surface area contributed by atoms with Crippen LogP contribution < -0.4 is 15.8 Å². The largest absolute Gasteiger partial charge is 0.504 e. The number of aromatic hydroxyl groups is 1. The normalized spacial score (nSPS) is 27.3. The molecule has 1 saturated heterocycles. The van der Waals surface area contributed by atoms with Crippen LogP contribution in [0.15, 0.2) is 59.6 Å². The van der Waals surface area contributed by atoms with Gasteiger partial charge in [-0.25, -0.2) is 4.99 Å². The average Bonchev–Trinajstić information content (AvgIpc) is 3.71. The van der Waals surface area contributed by atoms with Gasteiger partial charge in [-0.05, 0) is 85.0 Å². The first-order valence-electron chi connectivity index (χ1n) is 16.6. The number of non-ortho nitro benzene ring substituents is 1. The highest BCUT2D eigenvalue weighted by Gasteiger charge is 2.72. The molecule has 242 valence electrons. The molecule has 2 fully saturated rings. The highest BCUT2D eigenvalue weighted by Crippen LogP contribution is 2.69. The molecule has 1 spiro atoms. The zero-order valence-electron chi connectivity index (χ0n) is 26.0. The molecule has 4 aromatic rings. The molecule has 47 heavy (non-hydrogen) atoms. The van der Waals surface area contributed by atoms with Gasteiger partial charge in [0.15, 0.2) is 23.6 Å². The van der Waals surface area contributed by atoms with Crippen molar-refractivity contribution in [2.75, 3.05) is 19.6 Å². The van der Waals surface area contributed by atoms with Crippen LogP contribution in [0.2, 0.25) is 0 Å². The molecule has 11 heteroatoms. The van der Waals surface area contributed by atoms with Crippen LogP contribution in [0.25, 0.3) is 10.9 Å². The molecule has 6 N–H and O–H groups in total. The van der Waals surface area contributed by atoms with Gasteiger partial charge in [-0.3, -0.25) is 15.0 Å². The van der Waals surface area contributed by atoms with Crippen LogP contribution in [-0.4, -0.2) is 62.3 Å². The number of likely N-dealkylation sites (tertiary alicyclic amines) is 1. The molecule has 2 aliphatic heterocycles. The van der Waals surface area contributed by atoms with E-state index in [9.17, 15) is 20.3 Å². The molecular weight excluding hydrogens is 596 g/mol. The Morgan fingerprint density at radius 3 is 2.77 bits per heavy atom. The van der Waals surface area contributed by atoms with Gasteiger partial charge in [0.1, 0.15) is 0 Å². The number of nitrogens with zero attached hydrogens (tertiary/aromatic N) is 3. The van der Waals surface area contributed by atoms with Crippen molar-refractivity contribution in [2.45, 2.75) is 68.2 Å². The molecule has 11 nitrogen and oxygen atoms in total. The molecule has 2 bridgehead atoms. The smallest absolute Gasteiger partial charge is 0.269 e. The SMILES string of the molecule is NC(=NCc1ccc([N+](=O)[O-])cc1)NCCc1ccc2[nH]c3c(c2c1)C[C@@]1(O)[C@@H]2Cc4ccc(O)c5c4[C@@]1(CCN2CC1CC1)[C@H]3O5. The Balaban J connectivity index is 0.992. The summed E-state index contributed by atoms with van der Waals surface area (Å²) in [6, 6.07) is 16.5. The number of H-pyrrole nitrogens is 1. The summed E-state index contributed by atoms with van der Waals surface area (Å²) in [7, 11) is 0. The van der Waals surface area contributed by atoms with E-state index in [0.717, 1.165) is 77.1 Å². The lowest BCUT2D eigenvalue weighted by molar-refractivity contribution is -0.384. The first kappa shape index (κ1) is 28.6. The Bertz CT molecular complexity index is 1970. The molecule has 9 rings (SSSR count). The molecule has 3 aliphatic carbocycles. The Labute approximate surface area is 271 Å². The number of hydrogen-bond donors (Lipinski definition) is 5. The van der Waals surface area contributed by atoms with Crippen LogP contribution >= 0.6 is 0 Å². The number of guanidine groups is 1. The summed E-state index contributed by atoms with van der Waals surface area (Å²) >= 11 is 0. The molecule has 3 heterocycles. The van der Waals surface area contributed by atoms with E-state index in [1.807, 2.05) is 6.07 Å². The molecule has 0 radical (unpaired) electrons. The van der Waals surface area contributed by atoms with E-state index >= 15 is 0 Å². The number of phenolic OH excluding ortho intramolecular Hbond substituents is 1. The Morgan fingerprint density at radius 1 is 1.17 bits per heavy atom. The van der Waals surface area contributed by atoms with Crippen molar-refractivity contribution in [3.63, 3.8) is 0 Å². The van der Waals surface area contributed by atoms with Crippen molar-refractivity contribution in [3.8, 4) is 11.5 Å².